The molecule has 0 unspecified atom stereocenters. The smallest absolute Gasteiger partial charge is 0.250 e. The highest BCUT2D eigenvalue weighted by Gasteiger charge is 2.27. The van der Waals surface area contributed by atoms with Gasteiger partial charge in [0.15, 0.2) is 0 Å². The number of aryl methyl sites for hydroxylation is 1. The summed E-state index contributed by atoms with van der Waals surface area (Å²) in [6, 6.07) is 10.2. The summed E-state index contributed by atoms with van der Waals surface area (Å²) in [5.74, 6) is -2.98. The molecule has 0 bridgehead atoms. The Bertz CT molecular complexity index is 1040. The number of hydrogen-bond acceptors (Lipinski definition) is 4. The molecule has 28 heavy (non-hydrogen) atoms. The number of nitriles is 1. The Balaban J connectivity index is 1.76. The standard InChI is InChI=1S/C20H18F2N4O2/c21-20(22,6-7-24-13-27)5-3-14-9-15-4-8-26(19(15)25-12-14)17-2-1-16(11-23)18(28)10-17/h1-2,4,8-10,12-13,28H,3,5-7H2,(H,24,27). The van der Waals surface area contributed by atoms with Gasteiger partial charge in [-0.15, -0.1) is 0 Å². The van der Waals surface area contributed by atoms with Gasteiger partial charge in [0.05, 0.1) is 11.3 Å². The third-order valence-electron chi connectivity index (χ3n) is 4.46. The maximum absolute atomic E-state index is 13.8. The molecule has 0 atom stereocenters. The molecule has 1 amide bonds. The van der Waals surface area contributed by atoms with Crippen molar-refractivity contribution < 1.29 is 18.7 Å². The van der Waals surface area contributed by atoms with Crippen molar-refractivity contribution >= 4 is 17.4 Å². The molecule has 0 spiro atoms. The number of halogens is 2. The molecule has 0 aliphatic rings. The minimum Gasteiger partial charge on any atom is -0.506 e. The molecule has 8 heteroatoms. The number of benzene rings is 1. The Labute approximate surface area is 160 Å². The molecular weight excluding hydrogens is 366 g/mol. The molecule has 6 nitrogen and oxygen atoms in total. The molecule has 0 saturated heterocycles. The summed E-state index contributed by atoms with van der Waals surface area (Å²) in [6.45, 7) is -0.0614. The van der Waals surface area contributed by atoms with Gasteiger partial charge >= 0.3 is 0 Å². The number of nitrogens with zero attached hydrogens (tertiary/aromatic N) is 3. The number of phenols is 1. The van der Waals surface area contributed by atoms with Crippen LogP contribution in [-0.4, -0.2) is 33.5 Å². The lowest BCUT2D eigenvalue weighted by atomic mass is 10.0. The van der Waals surface area contributed by atoms with Gasteiger partial charge in [0.25, 0.3) is 0 Å². The van der Waals surface area contributed by atoms with E-state index < -0.39 is 12.3 Å². The van der Waals surface area contributed by atoms with E-state index in [0.29, 0.717) is 23.3 Å². The van der Waals surface area contributed by atoms with Crippen LogP contribution in [0.15, 0.2) is 42.7 Å². The van der Waals surface area contributed by atoms with Crippen molar-refractivity contribution in [3.63, 3.8) is 0 Å². The number of alkyl halides is 2. The van der Waals surface area contributed by atoms with Crippen LogP contribution in [0.25, 0.3) is 16.7 Å². The number of aromatic hydroxyl groups is 1. The zero-order chi connectivity index (χ0) is 20.1. The Hall–Kier alpha value is -3.47. The maximum Gasteiger partial charge on any atom is 0.250 e. The van der Waals surface area contributed by atoms with Crippen LogP contribution in [0.3, 0.4) is 0 Å². The van der Waals surface area contributed by atoms with Gasteiger partial charge in [0.2, 0.25) is 12.3 Å². The van der Waals surface area contributed by atoms with Gasteiger partial charge in [0, 0.05) is 43.2 Å². The second-order valence-corrected chi connectivity index (χ2v) is 6.43. The highest BCUT2D eigenvalue weighted by Crippen LogP contribution is 2.27. The number of aromatic nitrogens is 2. The topological polar surface area (TPSA) is 90.9 Å². The molecular formula is C20H18F2N4O2. The number of pyridine rings is 1. The van der Waals surface area contributed by atoms with E-state index in [0.717, 1.165) is 5.39 Å². The normalized spacial score (nSPS) is 11.3. The second-order valence-electron chi connectivity index (χ2n) is 6.43. The largest absolute Gasteiger partial charge is 0.506 e. The first-order valence-electron chi connectivity index (χ1n) is 8.68. The molecule has 0 aliphatic carbocycles. The van der Waals surface area contributed by atoms with Crippen molar-refractivity contribution in [2.45, 2.75) is 25.2 Å². The van der Waals surface area contributed by atoms with Crippen molar-refractivity contribution in [1.82, 2.24) is 14.9 Å². The highest BCUT2D eigenvalue weighted by atomic mass is 19.3. The number of fused-ring (bicyclic) bond motifs is 1. The van der Waals surface area contributed by atoms with E-state index in [2.05, 4.69) is 10.3 Å². The Morgan fingerprint density at radius 1 is 1.29 bits per heavy atom. The predicted molar refractivity (Wildman–Crippen MR) is 99.4 cm³/mol. The van der Waals surface area contributed by atoms with Crippen molar-refractivity contribution in [1.29, 1.82) is 5.26 Å². The van der Waals surface area contributed by atoms with E-state index in [1.165, 1.54) is 12.1 Å². The summed E-state index contributed by atoms with van der Waals surface area (Å²) >= 11 is 0. The van der Waals surface area contributed by atoms with Crippen LogP contribution in [0.1, 0.15) is 24.0 Å². The Kier molecular flexibility index (Phi) is 5.54. The Morgan fingerprint density at radius 3 is 2.82 bits per heavy atom. The summed E-state index contributed by atoms with van der Waals surface area (Å²) in [4.78, 5) is 14.5. The van der Waals surface area contributed by atoms with Crippen LogP contribution >= 0.6 is 0 Å². The fourth-order valence-corrected chi connectivity index (χ4v) is 2.95. The molecule has 2 heterocycles. The van der Waals surface area contributed by atoms with E-state index in [1.54, 1.807) is 23.0 Å². The van der Waals surface area contributed by atoms with Crippen LogP contribution in [0.5, 0.6) is 5.75 Å². The van der Waals surface area contributed by atoms with Gasteiger partial charge in [-0.3, -0.25) is 4.79 Å². The molecule has 3 aromatic rings. The van der Waals surface area contributed by atoms with Gasteiger partial charge in [-0.1, -0.05) is 0 Å². The molecule has 1 aromatic carbocycles. The van der Waals surface area contributed by atoms with Crippen LogP contribution < -0.4 is 5.32 Å². The second kappa shape index (κ2) is 8.05. The average molecular weight is 384 g/mol. The number of rotatable bonds is 8. The van der Waals surface area contributed by atoms with Crippen LogP contribution in [0, 0.1) is 11.3 Å². The van der Waals surface area contributed by atoms with E-state index in [4.69, 9.17) is 5.26 Å². The minimum atomic E-state index is -2.86. The molecule has 0 fully saturated rings. The lowest BCUT2D eigenvalue weighted by Gasteiger charge is -2.15. The first-order chi connectivity index (χ1) is 13.4. The number of nitrogens with one attached hydrogen (secondary N) is 1. The monoisotopic (exact) mass is 384 g/mol. The number of phenolic OH excluding ortho intramolecular Hbond substituents is 1. The van der Waals surface area contributed by atoms with Gasteiger partial charge in [-0.05, 0) is 36.2 Å². The van der Waals surface area contributed by atoms with Crippen LogP contribution in [0.4, 0.5) is 8.78 Å². The number of carbonyl (C=O) groups is 1. The third-order valence-corrected chi connectivity index (χ3v) is 4.46. The van der Waals surface area contributed by atoms with Gasteiger partial charge in [-0.2, -0.15) is 5.26 Å². The van der Waals surface area contributed by atoms with Crippen molar-refractivity contribution in [2.75, 3.05) is 6.54 Å². The van der Waals surface area contributed by atoms with Gasteiger partial charge in [0.1, 0.15) is 17.5 Å². The van der Waals surface area contributed by atoms with Crippen molar-refractivity contribution in [3.8, 4) is 17.5 Å². The summed E-state index contributed by atoms with van der Waals surface area (Å²) in [5, 5.41) is 21.8. The molecule has 3 rings (SSSR count). The SMILES string of the molecule is N#Cc1ccc(-n2ccc3cc(CCC(F)(F)CCNC=O)cnc32)cc1O. The van der Waals surface area contributed by atoms with E-state index in [-0.39, 0.29) is 30.7 Å². The van der Waals surface area contributed by atoms with E-state index in [1.807, 2.05) is 18.2 Å². The maximum atomic E-state index is 13.8. The molecule has 0 saturated carbocycles. The summed E-state index contributed by atoms with van der Waals surface area (Å²) in [6.07, 6.45) is 3.17. The first kappa shape index (κ1) is 19.3. The number of carbonyl (C=O) groups excluding carboxylic acids is 1. The summed E-state index contributed by atoms with van der Waals surface area (Å²) < 4.78 is 29.4. The summed E-state index contributed by atoms with van der Waals surface area (Å²) in [5.41, 5.74) is 2.13. The predicted octanol–water partition coefficient (Wildman–Crippen LogP) is 3.31. The first-order valence-corrected chi connectivity index (χ1v) is 8.68. The van der Waals surface area contributed by atoms with E-state index in [9.17, 15) is 18.7 Å². The minimum absolute atomic E-state index is 0.0614. The zero-order valence-corrected chi connectivity index (χ0v) is 14.9. The fraction of sp³-hybridized carbons (Fsp3) is 0.250. The molecule has 0 aliphatic heterocycles. The lowest BCUT2D eigenvalue weighted by molar-refractivity contribution is -0.109. The quantitative estimate of drug-likeness (QED) is 0.460. The fourth-order valence-electron chi connectivity index (χ4n) is 2.95. The Morgan fingerprint density at radius 2 is 2.11 bits per heavy atom. The summed E-state index contributed by atoms with van der Waals surface area (Å²) in [7, 11) is 0. The lowest BCUT2D eigenvalue weighted by Crippen LogP contribution is -2.24. The highest BCUT2D eigenvalue weighted by molar-refractivity contribution is 5.78. The average Bonchev–Trinajstić information content (AvgIpc) is 3.10. The van der Waals surface area contributed by atoms with Crippen LogP contribution in [-0.2, 0) is 11.2 Å². The van der Waals surface area contributed by atoms with Crippen LogP contribution in [0.2, 0.25) is 0 Å². The molecule has 0 radical (unpaired) electrons. The van der Waals surface area contributed by atoms with Gasteiger partial charge in [-0.25, -0.2) is 13.8 Å². The molecule has 2 aromatic heterocycles. The molecule has 144 valence electrons. The van der Waals surface area contributed by atoms with Crippen molar-refractivity contribution in [2.24, 2.45) is 0 Å². The zero-order valence-electron chi connectivity index (χ0n) is 14.9. The number of hydrogen-bond donors (Lipinski definition) is 2. The number of amides is 1. The van der Waals surface area contributed by atoms with E-state index >= 15 is 0 Å². The molecule has 2 N–H and O–H groups in total. The third kappa shape index (κ3) is 4.26. The van der Waals surface area contributed by atoms with Gasteiger partial charge < -0.3 is 15.0 Å². The van der Waals surface area contributed by atoms with Crippen molar-refractivity contribution in [3.05, 3.63) is 53.9 Å².